The second kappa shape index (κ2) is 17.0. The van der Waals surface area contributed by atoms with E-state index in [-0.39, 0.29) is 0 Å². The van der Waals surface area contributed by atoms with Gasteiger partial charge in [-0.2, -0.15) is 5.26 Å². The Morgan fingerprint density at radius 3 is 1.37 bits per heavy atom. The van der Waals surface area contributed by atoms with Crippen molar-refractivity contribution in [3.05, 3.63) is 236 Å². The van der Waals surface area contributed by atoms with E-state index in [1.807, 2.05) is 84.9 Å². The van der Waals surface area contributed by atoms with Gasteiger partial charge in [0.25, 0.3) is 0 Å². The van der Waals surface area contributed by atoms with Crippen molar-refractivity contribution in [2.24, 2.45) is 0 Å². The predicted molar refractivity (Wildman–Crippen MR) is 263 cm³/mol. The number of hydrogen-bond acceptors (Lipinski definition) is 5. The molecule has 0 aliphatic carbocycles. The van der Waals surface area contributed by atoms with E-state index >= 15 is 0 Å². The summed E-state index contributed by atoms with van der Waals surface area (Å²) in [6, 6.07) is 81.0. The Morgan fingerprint density at radius 2 is 0.738 bits per heavy atom. The van der Waals surface area contributed by atoms with Gasteiger partial charge in [-0.3, -0.25) is 4.57 Å². The van der Waals surface area contributed by atoms with Crippen LogP contribution in [0.4, 0.5) is 0 Å². The van der Waals surface area contributed by atoms with Crippen LogP contribution >= 0.6 is 0 Å². The van der Waals surface area contributed by atoms with Gasteiger partial charge in [0.2, 0.25) is 0 Å². The third-order valence-electron chi connectivity index (χ3n) is 11.8. The lowest BCUT2D eigenvalue weighted by Crippen LogP contribution is -2.03. The van der Waals surface area contributed by atoms with E-state index in [1.165, 1.54) is 5.56 Å². The first-order valence-corrected chi connectivity index (χ1v) is 21.5. The van der Waals surface area contributed by atoms with E-state index in [0.717, 1.165) is 83.7 Å². The lowest BCUT2D eigenvalue weighted by atomic mass is 9.95. The Hall–Kier alpha value is -9.05. The highest BCUT2D eigenvalue weighted by atomic mass is 15.1. The standard InChI is InChI=1S/C59H38N6/c60-39-40-27-29-42(30-28-40)44-31-35-45(36-32-44)48-19-7-9-22-51(48)57-62-56(46-17-5-2-6-18-46)63-58(64-57)52-23-10-8-20-49(52)50-21-11-13-25-54(50)65-55-26-14-12-24-53(55)61-59(65)47-37-33-43(34-38-47)41-15-3-1-4-16-41/h1-38H. The molecular weight excluding hydrogens is 793 g/mol. The minimum absolute atomic E-state index is 0.567. The van der Waals surface area contributed by atoms with Crippen LogP contribution in [0.3, 0.4) is 0 Å². The molecule has 0 aliphatic heterocycles. The minimum atomic E-state index is 0.567. The molecule has 6 heteroatoms. The van der Waals surface area contributed by atoms with Gasteiger partial charge in [0.05, 0.1) is 28.4 Å². The van der Waals surface area contributed by atoms with E-state index in [1.54, 1.807) is 0 Å². The van der Waals surface area contributed by atoms with Crippen LogP contribution in [0.25, 0.3) is 107 Å². The van der Waals surface area contributed by atoms with Crippen molar-refractivity contribution >= 4 is 11.0 Å². The van der Waals surface area contributed by atoms with Crippen molar-refractivity contribution in [3.63, 3.8) is 0 Å². The summed E-state index contributed by atoms with van der Waals surface area (Å²) in [6.07, 6.45) is 0. The average Bonchev–Trinajstić information content (AvgIpc) is 3.79. The highest BCUT2D eigenvalue weighted by Crippen LogP contribution is 2.40. The average molecular weight is 831 g/mol. The van der Waals surface area contributed by atoms with Crippen LogP contribution in [0.1, 0.15) is 5.56 Å². The van der Waals surface area contributed by atoms with Gasteiger partial charge >= 0.3 is 0 Å². The Bertz CT molecular complexity index is 3520. The van der Waals surface area contributed by atoms with Crippen LogP contribution in [0.15, 0.2) is 231 Å². The van der Waals surface area contributed by atoms with Gasteiger partial charge in [-0.1, -0.05) is 200 Å². The Kier molecular flexibility index (Phi) is 10.2. The number of fused-ring (bicyclic) bond motifs is 1. The molecule has 0 amide bonds. The zero-order chi connectivity index (χ0) is 43.5. The molecule has 0 saturated heterocycles. The molecule has 11 aromatic rings. The van der Waals surface area contributed by atoms with E-state index in [0.29, 0.717) is 23.0 Å². The maximum Gasteiger partial charge on any atom is 0.164 e. The fourth-order valence-corrected chi connectivity index (χ4v) is 8.56. The normalized spacial score (nSPS) is 11.1. The van der Waals surface area contributed by atoms with Crippen LogP contribution in [0, 0.1) is 11.3 Å². The molecule has 0 saturated carbocycles. The molecule has 304 valence electrons. The summed E-state index contributed by atoms with van der Waals surface area (Å²) in [4.78, 5) is 21.0. The van der Waals surface area contributed by atoms with Crippen LogP contribution in [0.2, 0.25) is 0 Å². The lowest BCUT2D eigenvalue weighted by Gasteiger charge is -2.18. The summed E-state index contributed by atoms with van der Waals surface area (Å²) in [5, 5.41) is 9.30. The Balaban J connectivity index is 1.05. The maximum absolute atomic E-state index is 9.30. The number of nitriles is 1. The molecule has 0 radical (unpaired) electrons. The van der Waals surface area contributed by atoms with Crippen molar-refractivity contribution in [1.82, 2.24) is 24.5 Å². The van der Waals surface area contributed by atoms with Crippen molar-refractivity contribution in [3.8, 4) is 102 Å². The highest BCUT2D eigenvalue weighted by molar-refractivity contribution is 5.91. The molecule has 6 nitrogen and oxygen atoms in total. The van der Waals surface area contributed by atoms with Gasteiger partial charge in [0.1, 0.15) is 5.82 Å². The number of benzene rings is 9. The van der Waals surface area contributed by atoms with Gasteiger partial charge in [-0.05, 0) is 69.3 Å². The van der Waals surface area contributed by atoms with Gasteiger partial charge in [0.15, 0.2) is 17.5 Å². The molecule has 0 N–H and O–H groups in total. The molecule has 0 atom stereocenters. The van der Waals surface area contributed by atoms with Crippen LogP contribution in [-0.2, 0) is 0 Å². The number of imidazole rings is 1. The highest BCUT2D eigenvalue weighted by Gasteiger charge is 2.22. The van der Waals surface area contributed by atoms with Crippen LogP contribution in [-0.4, -0.2) is 24.5 Å². The molecule has 0 bridgehead atoms. The fraction of sp³-hybridized carbons (Fsp3) is 0. The SMILES string of the molecule is N#Cc1ccc(-c2ccc(-c3ccccc3-c3nc(-c4ccccc4)nc(-c4ccccc4-c4ccccc4-n4c(-c5ccc(-c6ccccc6)cc5)nc5ccccc54)n3)cc2)cc1. The van der Waals surface area contributed by atoms with Gasteiger partial charge in [-0.25, -0.2) is 19.9 Å². The number of aromatic nitrogens is 5. The van der Waals surface area contributed by atoms with E-state index < -0.39 is 0 Å². The predicted octanol–water partition coefficient (Wildman–Crippen LogP) is 14.4. The first-order valence-electron chi connectivity index (χ1n) is 21.5. The number of para-hydroxylation sites is 3. The van der Waals surface area contributed by atoms with Crippen molar-refractivity contribution in [2.45, 2.75) is 0 Å². The zero-order valence-corrected chi connectivity index (χ0v) is 35.1. The third-order valence-corrected chi connectivity index (χ3v) is 11.8. The molecule has 11 rings (SSSR count). The minimum Gasteiger partial charge on any atom is -0.292 e. The topological polar surface area (TPSA) is 80.3 Å². The summed E-state index contributed by atoms with van der Waals surface area (Å²) >= 11 is 0. The van der Waals surface area contributed by atoms with Gasteiger partial charge < -0.3 is 0 Å². The van der Waals surface area contributed by atoms with Crippen LogP contribution < -0.4 is 0 Å². The van der Waals surface area contributed by atoms with Gasteiger partial charge in [0, 0.05) is 27.8 Å². The fourth-order valence-electron chi connectivity index (χ4n) is 8.56. The van der Waals surface area contributed by atoms with Crippen molar-refractivity contribution < 1.29 is 0 Å². The third kappa shape index (κ3) is 7.54. The zero-order valence-electron chi connectivity index (χ0n) is 35.1. The van der Waals surface area contributed by atoms with Crippen LogP contribution in [0.5, 0.6) is 0 Å². The quantitative estimate of drug-likeness (QED) is 0.145. The molecule has 0 spiro atoms. The monoisotopic (exact) mass is 830 g/mol. The molecule has 0 unspecified atom stereocenters. The summed E-state index contributed by atoms with van der Waals surface area (Å²) < 4.78 is 2.27. The summed E-state index contributed by atoms with van der Waals surface area (Å²) in [5.41, 5.74) is 15.7. The lowest BCUT2D eigenvalue weighted by molar-refractivity contribution is 1.07. The summed E-state index contributed by atoms with van der Waals surface area (Å²) in [5.74, 6) is 2.58. The number of nitrogens with zero attached hydrogens (tertiary/aromatic N) is 6. The molecular formula is C59H38N6. The molecule has 0 fully saturated rings. The molecule has 9 aromatic carbocycles. The van der Waals surface area contributed by atoms with E-state index in [2.05, 4.69) is 156 Å². The maximum atomic E-state index is 9.30. The van der Waals surface area contributed by atoms with Gasteiger partial charge in [-0.15, -0.1) is 0 Å². The second-order valence-electron chi connectivity index (χ2n) is 15.7. The first-order chi connectivity index (χ1) is 32.2. The second-order valence-corrected chi connectivity index (χ2v) is 15.7. The number of rotatable bonds is 9. The largest absolute Gasteiger partial charge is 0.292 e. The Labute approximate surface area is 377 Å². The first kappa shape index (κ1) is 38.8. The number of hydrogen-bond donors (Lipinski definition) is 0. The van der Waals surface area contributed by atoms with Crippen molar-refractivity contribution in [1.29, 1.82) is 5.26 Å². The summed E-state index contributed by atoms with van der Waals surface area (Å²) in [7, 11) is 0. The summed E-state index contributed by atoms with van der Waals surface area (Å²) in [6.45, 7) is 0. The molecule has 0 aliphatic rings. The van der Waals surface area contributed by atoms with E-state index in [4.69, 9.17) is 19.9 Å². The van der Waals surface area contributed by atoms with Crippen molar-refractivity contribution in [2.75, 3.05) is 0 Å². The smallest absolute Gasteiger partial charge is 0.164 e. The Morgan fingerprint density at radius 1 is 0.308 bits per heavy atom. The van der Waals surface area contributed by atoms with E-state index in [9.17, 15) is 5.26 Å². The molecule has 2 aromatic heterocycles. The molecule has 65 heavy (non-hydrogen) atoms. The molecule has 2 heterocycles.